The lowest BCUT2D eigenvalue weighted by molar-refractivity contribution is -0.0496. The van der Waals surface area contributed by atoms with Crippen LogP contribution in [0.3, 0.4) is 0 Å². The van der Waals surface area contributed by atoms with Crippen LogP contribution in [0.4, 0.5) is 18.0 Å². The smallest absolute Gasteiger partial charge is 0.437 e. The maximum absolute atomic E-state index is 12.4. The van der Waals surface area contributed by atoms with E-state index in [0.717, 1.165) is 7.11 Å². The second-order valence-electron chi connectivity index (χ2n) is 4.23. The highest BCUT2D eigenvalue weighted by molar-refractivity contribution is 8.32. The van der Waals surface area contributed by atoms with Crippen molar-refractivity contribution < 1.29 is 39.5 Å². The standard InChI is InChI=1S/C11H13F3O6S2/c1-18-10(15)19-8-4-6-9(7-5-8)21(2,3)20-22(16,17)11(12,13)14/h4-7H,1-3H3. The molecule has 1 aromatic rings. The van der Waals surface area contributed by atoms with Gasteiger partial charge < -0.3 is 9.47 Å². The van der Waals surface area contributed by atoms with Gasteiger partial charge >= 0.3 is 21.8 Å². The molecule has 0 aliphatic carbocycles. The lowest BCUT2D eigenvalue weighted by atomic mass is 10.3. The van der Waals surface area contributed by atoms with Crippen molar-refractivity contribution in [1.29, 1.82) is 0 Å². The zero-order valence-electron chi connectivity index (χ0n) is 11.7. The molecule has 0 heterocycles. The monoisotopic (exact) mass is 362 g/mol. The van der Waals surface area contributed by atoms with Gasteiger partial charge in [-0.2, -0.15) is 21.6 Å². The summed E-state index contributed by atoms with van der Waals surface area (Å²) < 4.78 is 72.5. The van der Waals surface area contributed by atoms with Crippen molar-refractivity contribution in [2.24, 2.45) is 0 Å². The second-order valence-corrected chi connectivity index (χ2v) is 9.08. The van der Waals surface area contributed by atoms with Crippen LogP contribution in [0.1, 0.15) is 0 Å². The molecule has 0 saturated heterocycles. The fourth-order valence-corrected chi connectivity index (χ4v) is 4.48. The van der Waals surface area contributed by atoms with Crippen LogP contribution in [-0.2, 0) is 18.5 Å². The largest absolute Gasteiger partial charge is 0.523 e. The summed E-state index contributed by atoms with van der Waals surface area (Å²) >= 11 is 0. The first-order valence-electron chi connectivity index (χ1n) is 5.50. The minimum atomic E-state index is -5.70. The van der Waals surface area contributed by atoms with Crippen molar-refractivity contribution in [2.75, 3.05) is 19.6 Å². The quantitative estimate of drug-likeness (QED) is 0.465. The molecule has 0 amide bonds. The fourth-order valence-electron chi connectivity index (χ4n) is 1.28. The number of carbonyl (C=O) groups excluding carboxylic acids is 1. The average Bonchev–Trinajstić information content (AvgIpc) is 2.36. The number of hydrogen-bond acceptors (Lipinski definition) is 6. The van der Waals surface area contributed by atoms with Gasteiger partial charge in [0.05, 0.1) is 7.11 Å². The highest BCUT2D eigenvalue weighted by Crippen LogP contribution is 2.53. The summed E-state index contributed by atoms with van der Waals surface area (Å²) in [4.78, 5) is 11.1. The molecule has 0 unspecified atom stereocenters. The van der Waals surface area contributed by atoms with E-state index in [1.54, 1.807) is 0 Å². The maximum Gasteiger partial charge on any atom is 0.523 e. The predicted octanol–water partition coefficient (Wildman–Crippen LogP) is 3.04. The number of hydrogen-bond donors (Lipinski definition) is 0. The van der Waals surface area contributed by atoms with Crippen molar-refractivity contribution in [3.63, 3.8) is 0 Å². The summed E-state index contributed by atoms with van der Waals surface area (Å²) in [5, 5.41) is 0. The Hall–Kier alpha value is -1.46. The van der Waals surface area contributed by atoms with Crippen LogP contribution in [0, 0.1) is 0 Å². The molecule has 0 bridgehead atoms. The summed E-state index contributed by atoms with van der Waals surface area (Å²) in [7, 11) is -7.33. The lowest BCUT2D eigenvalue weighted by Crippen LogP contribution is -2.26. The number of carbonyl (C=O) groups is 1. The molecular weight excluding hydrogens is 349 g/mol. The second kappa shape index (κ2) is 6.34. The van der Waals surface area contributed by atoms with Crippen LogP contribution in [0.15, 0.2) is 29.2 Å². The molecule has 126 valence electrons. The summed E-state index contributed by atoms with van der Waals surface area (Å²) in [6.45, 7) is 0. The van der Waals surface area contributed by atoms with E-state index in [-0.39, 0.29) is 10.6 Å². The third kappa shape index (κ3) is 4.52. The molecular formula is C11H13F3O6S2. The van der Waals surface area contributed by atoms with Crippen LogP contribution in [-0.4, -0.2) is 39.7 Å². The van der Waals surface area contributed by atoms with Crippen LogP contribution < -0.4 is 4.74 Å². The summed E-state index contributed by atoms with van der Waals surface area (Å²) in [5.41, 5.74) is -5.49. The number of rotatable bonds is 4. The van der Waals surface area contributed by atoms with Crippen LogP contribution >= 0.6 is 10.3 Å². The number of benzene rings is 1. The number of ether oxygens (including phenoxy) is 2. The Morgan fingerprint density at radius 3 is 2.00 bits per heavy atom. The molecule has 22 heavy (non-hydrogen) atoms. The molecule has 0 saturated carbocycles. The van der Waals surface area contributed by atoms with Gasteiger partial charge in [0.1, 0.15) is 5.75 Å². The molecule has 0 aromatic heterocycles. The molecule has 0 fully saturated rings. The summed E-state index contributed by atoms with van der Waals surface area (Å²) in [5.74, 6) is 0.0875. The highest BCUT2D eigenvalue weighted by atomic mass is 32.3. The van der Waals surface area contributed by atoms with E-state index in [2.05, 4.69) is 8.37 Å². The molecule has 1 rings (SSSR count). The van der Waals surface area contributed by atoms with Gasteiger partial charge in [0.15, 0.2) is 0 Å². The van der Waals surface area contributed by atoms with E-state index in [4.69, 9.17) is 4.74 Å². The molecule has 0 N–H and O–H groups in total. The SMILES string of the molecule is COC(=O)Oc1ccc(S(C)(C)OS(=O)(=O)C(F)(F)F)cc1. The van der Waals surface area contributed by atoms with Crippen LogP contribution in [0.2, 0.25) is 0 Å². The van der Waals surface area contributed by atoms with Gasteiger partial charge in [-0.3, -0.25) is 0 Å². The van der Waals surface area contributed by atoms with E-state index in [1.165, 1.54) is 36.8 Å². The Bertz CT molecular complexity index is 637. The Balaban J connectivity index is 2.97. The first-order chi connectivity index (χ1) is 9.89. The van der Waals surface area contributed by atoms with Gasteiger partial charge in [-0.25, -0.2) is 8.42 Å². The minimum absolute atomic E-state index is 0.0875. The van der Waals surface area contributed by atoms with Crippen molar-refractivity contribution in [3.05, 3.63) is 24.3 Å². The fraction of sp³-hybridized carbons (Fsp3) is 0.364. The predicted molar refractivity (Wildman–Crippen MR) is 73.2 cm³/mol. The zero-order chi connectivity index (χ0) is 17.2. The van der Waals surface area contributed by atoms with E-state index < -0.39 is 32.1 Å². The van der Waals surface area contributed by atoms with Gasteiger partial charge in [0.2, 0.25) is 0 Å². The molecule has 0 aliphatic heterocycles. The zero-order valence-corrected chi connectivity index (χ0v) is 13.3. The first-order valence-corrected chi connectivity index (χ1v) is 9.29. The number of methoxy groups -OCH3 is 1. The first kappa shape index (κ1) is 18.6. The van der Waals surface area contributed by atoms with Gasteiger partial charge in [-0.1, -0.05) is 10.3 Å². The number of alkyl halides is 3. The van der Waals surface area contributed by atoms with Gasteiger partial charge in [0.25, 0.3) is 0 Å². The molecule has 0 atom stereocenters. The van der Waals surface area contributed by atoms with Crippen molar-refractivity contribution in [1.82, 2.24) is 0 Å². The Morgan fingerprint density at radius 2 is 1.59 bits per heavy atom. The third-order valence-corrected chi connectivity index (χ3v) is 6.35. The Kier molecular flexibility index (Phi) is 5.36. The number of halogens is 3. The molecule has 6 nitrogen and oxygen atoms in total. The molecule has 1 aromatic carbocycles. The van der Waals surface area contributed by atoms with Crippen molar-refractivity contribution in [3.8, 4) is 5.75 Å². The summed E-state index contributed by atoms with van der Waals surface area (Å²) in [6, 6.07) is 5.17. The van der Waals surface area contributed by atoms with E-state index in [0.29, 0.717) is 0 Å². The highest BCUT2D eigenvalue weighted by Gasteiger charge is 2.49. The van der Waals surface area contributed by atoms with Crippen LogP contribution in [0.5, 0.6) is 5.75 Å². The Labute approximate surface area is 126 Å². The van der Waals surface area contributed by atoms with Gasteiger partial charge in [-0.05, 0) is 36.8 Å². The van der Waals surface area contributed by atoms with E-state index in [1.807, 2.05) is 0 Å². The van der Waals surface area contributed by atoms with E-state index >= 15 is 0 Å². The molecule has 0 radical (unpaired) electrons. The Morgan fingerprint density at radius 1 is 1.09 bits per heavy atom. The molecule has 0 aliphatic rings. The average molecular weight is 362 g/mol. The molecule has 11 heteroatoms. The van der Waals surface area contributed by atoms with Gasteiger partial charge in [-0.15, -0.1) is 0 Å². The summed E-state index contributed by atoms with van der Waals surface area (Å²) in [6.07, 6.45) is 1.52. The molecule has 0 spiro atoms. The van der Waals surface area contributed by atoms with Gasteiger partial charge in [0, 0.05) is 4.90 Å². The maximum atomic E-state index is 12.4. The minimum Gasteiger partial charge on any atom is -0.437 e. The third-order valence-electron chi connectivity index (χ3n) is 2.30. The lowest BCUT2D eigenvalue weighted by Gasteiger charge is -2.30. The normalized spacial score (nSPS) is 13.5. The van der Waals surface area contributed by atoms with E-state index in [9.17, 15) is 26.4 Å². The van der Waals surface area contributed by atoms with Crippen LogP contribution in [0.25, 0.3) is 0 Å². The topological polar surface area (TPSA) is 78.9 Å². The van der Waals surface area contributed by atoms with Crippen molar-refractivity contribution in [2.45, 2.75) is 10.4 Å². The van der Waals surface area contributed by atoms with Crippen molar-refractivity contribution >= 4 is 26.6 Å².